The van der Waals surface area contributed by atoms with Crippen molar-refractivity contribution in [1.29, 1.82) is 0 Å². The Balaban J connectivity index is 1.51. The maximum absolute atomic E-state index is 13.5. The number of carbonyl (C=O) groups excluding carboxylic acids is 2. The predicted octanol–water partition coefficient (Wildman–Crippen LogP) is 5.61. The number of aryl methyl sites for hydroxylation is 1. The lowest BCUT2D eigenvalue weighted by molar-refractivity contribution is 0.0929. The van der Waals surface area contributed by atoms with Crippen molar-refractivity contribution in [1.82, 2.24) is 10.6 Å². The fourth-order valence-electron chi connectivity index (χ4n) is 4.17. The molecule has 4 aromatic rings. The Kier molecular flexibility index (Phi) is 9.76. The SMILES string of the molecule is O=C(NCc1ccccc1C(=O)N[C@H](/C=C/S(=O)(=O)c1ccccc1)CCc1ccccc1)c1cc(F)cc(F)c1. The van der Waals surface area contributed by atoms with Crippen molar-refractivity contribution in [3.05, 3.63) is 149 Å². The molecule has 0 unspecified atom stereocenters. The molecule has 0 radical (unpaired) electrons. The molecule has 6 nitrogen and oxygen atoms in total. The van der Waals surface area contributed by atoms with Crippen LogP contribution < -0.4 is 10.6 Å². The minimum atomic E-state index is -3.73. The van der Waals surface area contributed by atoms with E-state index < -0.39 is 39.3 Å². The number of halogens is 2. The van der Waals surface area contributed by atoms with E-state index in [-0.39, 0.29) is 22.6 Å². The summed E-state index contributed by atoms with van der Waals surface area (Å²) in [5.74, 6) is -2.92. The summed E-state index contributed by atoms with van der Waals surface area (Å²) < 4.78 is 52.7. The third kappa shape index (κ3) is 8.43. The quantitative estimate of drug-likeness (QED) is 0.244. The van der Waals surface area contributed by atoms with Crippen molar-refractivity contribution >= 4 is 21.7 Å². The summed E-state index contributed by atoms with van der Waals surface area (Å²) >= 11 is 0. The predicted molar refractivity (Wildman–Crippen MR) is 153 cm³/mol. The third-order valence-electron chi connectivity index (χ3n) is 6.29. The largest absolute Gasteiger partial charge is 0.348 e. The van der Waals surface area contributed by atoms with Crippen molar-refractivity contribution in [2.24, 2.45) is 0 Å². The van der Waals surface area contributed by atoms with Gasteiger partial charge in [0.25, 0.3) is 11.8 Å². The van der Waals surface area contributed by atoms with Crippen LogP contribution >= 0.6 is 0 Å². The van der Waals surface area contributed by atoms with Gasteiger partial charge in [-0.05, 0) is 54.3 Å². The molecule has 0 heterocycles. The van der Waals surface area contributed by atoms with Crippen LogP contribution in [-0.2, 0) is 22.8 Å². The Morgan fingerprint density at radius 3 is 2.07 bits per heavy atom. The van der Waals surface area contributed by atoms with Gasteiger partial charge >= 0.3 is 0 Å². The van der Waals surface area contributed by atoms with Crippen LogP contribution in [0.5, 0.6) is 0 Å². The van der Waals surface area contributed by atoms with Gasteiger partial charge in [-0.15, -0.1) is 0 Å². The van der Waals surface area contributed by atoms with Crippen molar-refractivity contribution in [3.8, 4) is 0 Å². The van der Waals surface area contributed by atoms with E-state index in [1.807, 2.05) is 30.3 Å². The van der Waals surface area contributed by atoms with Crippen LogP contribution in [0.15, 0.2) is 120 Å². The highest BCUT2D eigenvalue weighted by Crippen LogP contribution is 2.15. The Hall–Kier alpha value is -4.63. The molecular formula is C32H28F2N2O4S. The van der Waals surface area contributed by atoms with Gasteiger partial charge in [0, 0.05) is 35.2 Å². The van der Waals surface area contributed by atoms with Gasteiger partial charge in [0.15, 0.2) is 9.84 Å². The van der Waals surface area contributed by atoms with E-state index in [1.165, 1.54) is 18.2 Å². The molecule has 2 amide bonds. The average molecular weight is 575 g/mol. The fraction of sp³-hybridized carbons (Fsp3) is 0.125. The molecule has 0 aliphatic carbocycles. The molecule has 9 heteroatoms. The summed E-state index contributed by atoms with van der Waals surface area (Å²) in [4.78, 5) is 26.0. The number of nitrogens with one attached hydrogen (secondary N) is 2. The Morgan fingerprint density at radius 1 is 0.780 bits per heavy atom. The van der Waals surface area contributed by atoms with Gasteiger partial charge in [-0.25, -0.2) is 17.2 Å². The van der Waals surface area contributed by atoms with Gasteiger partial charge in [0.1, 0.15) is 11.6 Å². The summed E-state index contributed by atoms with van der Waals surface area (Å²) in [5.41, 5.74) is 1.58. The van der Waals surface area contributed by atoms with Gasteiger partial charge < -0.3 is 10.6 Å². The maximum atomic E-state index is 13.5. The number of hydrogen-bond acceptors (Lipinski definition) is 4. The van der Waals surface area contributed by atoms with Crippen molar-refractivity contribution in [3.63, 3.8) is 0 Å². The molecule has 0 aliphatic heterocycles. The Labute approximate surface area is 237 Å². The van der Waals surface area contributed by atoms with Crippen LogP contribution in [-0.4, -0.2) is 26.3 Å². The Morgan fingerprint density at radius 2 is 1.39 bits per heavy atom. The van der Waals surface area contributed by atoms with Gasteiger partial charge in [0.05, 0.1) is 4.90 Å². The van der Waals surface area contributed by atoms with Crippen molar-refractivity contribution in [2.75, 3.05) is 0 Å². The third-order valence-corrected chi connectivity index (χ3v) is 7.74. The lowest BCUT2D eigenvalue weighted by Crippen LogP contribution is -2.35. The minimum absolute atomic E-state index is 0.0759. The molecule has 0 aliphatic rings. The number of benzene rings is 4. The molecule has 2 N–H and O–H groups in total. The van der Waals surface area contributed by atoms with E-state index in [4.69, 9.17) is 0 Å². The summed E-state index contributed by atoms with van der Waals surface area (Å²) in [7, 11) is -3.73. The molecule has 0 aromatic heterocycles. The highest BCUT2D eigenvalue weighted by atomic mass is 32.2. The summed E-state index contributed by atoms with van der Waals surface area (Å²) in [6.07, 6.45) is 2.48. The van der Waals surface area contributed by atoms with Crippen molar-refractivity contribution in [2.45, 2.75) is 30.3 Å². The number of amides is 2. The van der Waals surface area contributed by atoms with E-state index in [0.29, 0.717) is 24.5 Å². The second-order valence-corrected chi connectivity index (χ2v) is 11.1. The van der Waals surface area contributed by atoms with Gasteiger partial charge in [-0.1, -0.05) is 72.8 Å². The van der Waals surface area contributed by atoms with Crippen molar-refractivity contribution < 1.29 is 26.8 Å². The zero-order valence-corrected chi connectivity index (χ0v) is 22.8. The van der Waals surface area contributed by atoms with Gasteiger partial charge in [-0.2, -0.15) is 0 Å². The molecule has 0 bridgehead atoms. The molecule has 210 valence electrons. The zero-order chi connectivity index (χ0) is 29.2. The van der Waals surface area contributed by atoms with E-state index in [9.17, 15) is 26.8 Å². The maximum Gasteiger partial charge on any atom is 0.252 e. The highest BCUT2D eigenvalue weighted by molar-refractivity contribution is 7.94. The standard InChI is InChI=1S/C32H28F2N2O4S/c33-26-19-25(20-27(34)21-26)31(37)35-22-24-11-7-8-14-30(24)32(38)36-28(16-15-23-9-3-1-4-10-23)17-18-41(39,40)29-12-5-2-6-13-29/h1-14,17-21,28H,15-16,22H2,(H,35,37)(H,36,38)/b18-17+/t28-/m0/s1. The lowest BCUT2D eigenvalue weighted by atomic mass is 10.0. The summed E-state index contributed by atoms with van der Waals surface area (Å²) in [5, 5.41) is 6.58. The van der Waals surface area contributed by atoms with Crippen LogP contribution in [0.2, 0.25) is 0 Å². The van der Waals surface area contributed by atoms with E-state index in [0.717, 1.165) is 23.1 Å². The fourth-order valence-corrected chi connectivity index (χ4v) is 5.27. The van der Waals surface area contributed by atoms with Crippen LogP contribution in [0.4, 0.5) is 8.78 Å². The topological polar surface area (TPSA) is 92.3 Å². The summed E-state index contributed by atoms with van der Waals surface area (Å²) in [6, 6.07) is 26.1. The van der Waals surface area contributed by atoms with Gasteiger partial charge in [-0.3, -0.25) is 9.59 Å². The minimum Gasteiger partial charge on any atom is -0.348 e. The first-order chi connectivity index (χ1) is 19.7. The van der Waals surface area contributed by atoms with Gasteiger partial charge in [0.2, 0.25) is 0 Å². The lowest BCUT2D eigenvalue weighted by Gasteiger charge is -2.17. The number of sulfone groups is 1. The molecule has 41 heavy (non-hydrogen) atoms. The van der Waals surface area contributed by atoms with E-state index in [1.54, 1.807) is 42.5 Å². The second-order valence-electron chi connectivity index (χ2n) is 9.29. The average Bonchev–Trinajstić information content (AvgIpc) is 2.98. The molecule has 0 spiro atoms. The highest BCUT2D eigenvalue weighted by Gasteiger charge is 2.18. The molecule has 1 atom stereocenters. The second kappa shape index (κ2) is 13.6. The van der Waals surface area contributed by atoms with Crippen LogP contribution in [0.1, 0.15) is 38.3 Å². The molecule has 0 fully saturated rings. The Bertz CT molecular complexity index is 1620. The zero-order valence-electron chi connectivity index (χ0n) is 22.0. The first kappa shape index (κ1) is 29.4. The molecule has 4 aromatic carbocycles. The molecular weight excluding hydrogens is 546 g/mol. The smallest absolute Gasteiger partial charge is 0.252 e. The first-order valence-corrected chi connectivity index (χ1v) is 14.4. The number of rotatable bonds is 11. The molecule has 0 saturated heterocycles. The van der Waals surface area contributed by atoms with Crippen LogP contribution in [0, 0.1) is 11.6 Å². The van der Waals surface area contributed by atoms with E-state index in [2.05, 4.69) is 10.6 Å². The number of carbonyl (C=O) groups is 2. The molecule has 4 rings (SSSR count). The summed E-state index contributed by atoms with van der Waals surface area (Å²) in [6.45, 7) is -0.0759. The number of hydrogen-bond donors (Lipinski definition) is 2. The van der Waals surface area contributed by atoms with Crippen LogP contribution in [0.3, 0.4) is 0 Å². The van der Waals surface area contributed by atoms with E-state index >= 15 is 0 Å². The first-order valence-electron chi connectivity index (χ1n) is 12.9. The molecule has 0 saturated carbocycles. The normalized spacial score (nSPS) is 12.1. The monoisotopic (exact) mass is 574 g/mol. The van der Waals surface area contributed by atoms with Crippen LogP contribution in [0.25, 0.3) is 0 Å².